The second-order valence-corrected chi connectivity index (χ2v) is 19.3. The maximum atomic E-state index is 15.0. The van der Waals surface area contributed by atoms with Gasteiger partial charge in [0.1, 0.15) is 23.2 Å². The van der Waals surface area contributed by atoms with Gasteiger partial charge in [0.05, 0.1) is 35.1 Å². The van der Waals surface area contributed by atoms with E-state index in [-0.39, 0.29) is 47.3 Å². The molecule has 1 fully saturated rings. The maximum Gasteiger partial charge on any atom is 0.306 e. The zero-order valence-corrected chi connectivity index (χ0v) is 40.3. The number of aliphatic carboxylic acids is 1. The van der Waals surface area contributed by atoms with Crippen molar-refractivity contribution in [2.75, 3.05) is 34.9 Å². The second kappa shape index (κ2) is 22.3. The summed E-state index contributed by atoms with van der Waals surface area (Å²) < 4.78 is 7.42. The van der Waals surface area contributed by atoms with Crippen LogP contribution in [0.2, 0.25) is 0 Å². The molecule has 0 saturated carbocycles. The Hall–Kier alpha value is -7.47. The van der Waals surface area contributed by atoms with E-state index in [0.29, 0.717) is 31.6 Å². The van der Waals surface area contributed by atoms with Gasteiger partial charge in [0.25, 0.3) is 5.91 Å². The molecule has 2 aliphatic heterocycles. The lowest BCUT2D eigenvalue weighted by Crippen LogP contribution is -2.55. The molecule has 0 spiro atoms. The van der Waals surface area contributed by atoms with E-state index in [9.17, 15) is 33.9 Å². The Balaban J connectivity index is 1.35. The molecule has 1 saturated heterocycles. The van der Waals surface area contributed by atoms with Gasteiger partial charge in [-0.25, -0.2) is 4.98 Å². The number of carbonyl (C=O) groups excluding carboxylic acids is 6. The van der Waals surface area contributed by atoms with Crippen molar-refractivity contribution in [3.63, 3.8) is 0 Å². The second-order valence-electron chi connectivity index (χ2n) is 18.2. The third kappa shape index (κ3) is 12.0. The van der Waals surface area contributed by atoms with Crippen LogP contribution in [-0.4, -0.2) is 98.5 Å². The number of benzene rings is 4. The number of piperidine rings is 1. The number of ether oxygens (including phenoxy) is 1. The van der Waals surface area contributed by atoms with Crippen molar-refractivity contribution in [3.05, 3.63) is 150 Å². The highest BCUT2D eigenvalue weighted by Crippen LogP contribution is 2.41. The highest BCUT2D eigenvalue weighted by molar-refractivity contribution is 7.99. The van der Waals surface area contributed by atoms with Crippen LogP contribution < -0.4 is 31.5 Å². The number of fused-ring (bicyclic) bond motifs is 1. The summed E-state index contributed by atoms with van der Waals surface area (Å²) >= 11 is 1.16. The Labute approximate surface area is 410 Å². The lowest BCUT2D eigenvalue weighted by atomic mass is 9.77. The summed E-state index contributed by atoms with van der Waals surface area (Å²) in [5, 5.41) is 23.6. The first-order valence-corrected chi connectivity index (χ1v) is 24.3. The molecular weight excluding hydrogens is 913 g/mol. The normalized spacial score (nSPS) is 18.3. The van der Waals surface area contributed by atoms with E-state index >= 15 is 4.79 Å². The number of anilines is 2. The number of amides is 5. The summed E-state index contributed by atoms with van der Waals surface area (Å²) in [6, 6.07) is 30.0. The van der Waals surface area contributed by atoms with Crippen LogP contribution in [0.1, 0.15) is 92.2 Å². The summed E-state index contributed by atoms with van der Waals surface area (Å²) in [5.41, 5.74) is 1.44. The minimum Gasteiger partial charge on any atom is -0.481 e. The number of carboxylic acid groups (broad SMARTS) is 1. The number of carboxylic acids is 1. The predicted molar refractivity (Wildman–Crippen MR) is 265 cm³/mol. The number of nitrogens with zero attached hydrogens (tertiary/aromatic N) is 3. The van der Waals surface area contributed by atoms with Crippen molar-refractivity contribution in [2.45, 2.75) is 82.6 Å². The molecule has 6 N–H and O–H groups in total. The van der Waals surface area contributed by atoms with Gasteiger partial charge in [-0.1, -0.05) is 91.0 Å². The summed E-state index contributed by atoms with van der Waals surface area (Å²) in [7, 11) is 0. The highest BCUT2D eigenvalue weighted by atomic mass is 32.2. The van der Waals surface area contributed by atoms with Gasteiger partial charge in [-0.05, 0) is 74.9 Å². The Bertz CT molecular complexity index is 2590. The minimum absolute atomic E-state index is 0.0210. The molecule has 0 aliphatic carbocycles. The van der Waals surface area contributed by atoms with Crippen LogP contribution in [-0.2, 0) is 39.0 Å². The van der Waals surface area contributed by atoms with Crippen molar-refractivity contribution in [1.82, 2.24) is 30.8 Å². The fourth-order valence-corrected chi connectivity index (χ4v) is 9.63. The van der Waals surface area contributed by atoms with Gasteiger partial charge in [0, 0.05) is 44.1 Å². The number of hydrogen-bond donors (Lipinski definition) is 6. The Kier molecular flexibility index (Phi) is 16.1. The zero-order valence-electron chi connectivity index (χ0n) is 39.5. The third-order valence-corrected chi connectivity index (χ3v) is 13.1. The van der Waals surface area contributed by atoms with E-state index in [1.54, 1.807) is 51.5 Å². The Morgan fingerprint density at radius 1 is 0.786 bits per heavy atom. The maximum absolute atomic E-state index is 15.0. The first-order valence-electron chi connectivity index (χ1n) is 23.1. The third-order valence-electron chi connectivity index (χ3n) is 12.1. The van der Waals surface area contributed by atoms with Crippen LogP contribution in [0.5, 0.6) is 0 Å². The number of thioether (sulfide) groups is 1. The number of hydrogen-bond acceptors (Lipinski definition) is 11. The topological polar surface area (TPSA) is 230 Å². The molecule has 3 atom stereocenters. The van der Waals surface area contributed by atoms with Gasteiger partial charge in [-0.3, -0.25) is 33.6 Å². The number of nitrogens with one attached hydrogen (secondary N) is 5. The first-order chi connectivity index (χ1) is 33.5. The SMILES string of the molecule is CC(=O)NCSC[C@@H]1NC(=O)[C@@H](CCC(=O)OC(C)(C)C)NC(=O)[C@@H](c2cn(C(c3ccccc3)(c3ccccc3)c3ccccc3)cn2)NC(=O)c2cc(N3CCC(C(=O)O)CC3)ccc2NC1=O. The van der Waals surface area contributed by atoms with E-state index in [2.05, 4.69) is 26.6 Å². The Morgan fingerprint density at radius 2 is 1.37 bits per heavy atom. The zero-order chi connectivity index (χ0) is 50.0. The van der Waals surface area contributed by atoms with Gasteiger partial charge in [0.15, 0.2) is 6.04 Å². The van der Waals surface area contributed by atoms with Gasteiger partial charge in [0.2, 0.25) is 23.6 Å². The molecule has 3 heterocycles. The average molecular weight is 971 g/mol. The molecule has 70 heavy (non-hydrogen) atoms. The van der Waals surface area contributed by atoms with E-state index < -0.39 is 70.8 Å². The molecule has 4 aromatic carbocycles. The fourth-order valence-electron chi connectivity index (χ4n) is 8.73. The molecular formula is C52H58N8O9S. The Morgan fingerprint density at radius 3 is 1.93 bits per heavy atom. The van der Waals surface area contributed by atoms with Crippen LogP contribution in [0, 0.1) is 5.92 Å². The number of imidazole rings is 1. The molecule has 5 aromatic rings. The van der Waals surface area contributed by atoms with E-state index in [1.165, 1.54) is 6.92 Å². The number of rotatable bonds is 14. The number of esters is 1. The smallest absolute Gasteiger partial charge is 0.306 e. The minimum atomic E-state index is -1.56. The van der Waals surface area contributed by atoms with E-state index in [1.807, 2.05) is 100 Å². The summed E-state index contributed by atoms with van der Waals surface area (Å²) in [6.07, 6.45) is 3.50. The van der Waals surface area contributed by atoms with Crippen molar-refractivity contribution in [3.8, 4) is 0 Å². The van der Waals surface area contributed by atoms with Crippen LogP contribution in [0.15, 0.2) is 122 Å². The molecule has 0 radical (unpaired) electrons. The summed E-state index contributed by atoms with van der Waals surface area (Å²) in [5.74, 6) is -5.32. The van der Waals surface area contributed by atoms with Crippen molar-refractivity contribution < 1.29 is 43.4 Å². The summed E-state index contributed by atoms with van der Waals surface area (Å²) in [4.78, 5) is 102. The lowest BCUT2D eigenvalue weighted by molar-refractivity contribution is -0.155. The molecule has 1 aromatic heterocycles. The molecule has 7 rings (SSSR count). The van der Waals surface area contributed by atoms with E-state index in [0.717, 1.165) is 28.5 Å². The molecule has 18 heteroatoms. The van der Waals surface area contributed by atoms with Gasteiger partial charge >= 0.3 is 11.9 Å². The summed E-state index contributed by atoms with van der Waals surface area (Å²) in [6.45, 7) is 7.25. The van der Waals surface area contributed by atoms with Crippen LogP contribution in [0.3, 0.4) is 0 Å². The van der Waals surface area contributed by atoms with Crippen LogP contribution >= 0.6 is 11.8 Å². The van der Waals surface area contributed by atoms with Crippen molar-refractivity contribution >= 4 is 64.6 Å². The monoisotopic (exact) mass is 970 g/mol. The largest absolute Gasteiger partial charge is 0.481 e. The molecule has 17 nitrogen and oxygen atoms in total. The highest BCUT2D eigenvalue weighted by Gasteiger charge is 2.40. The fraction of sp³-hybridized carbons (Fsp3) is 0.346. The van der Waals surface area contributed by atoms with Crippen LogP contribution in [0.4, 0.5) is 11.4 Å². The molecule has 5 amide bonds. The van der Waals surface area contributed by atoms with Crippen molar-refractivity contribution in [2.24, 2.45) is 5.92 Å². The molecule has 0 bridgehead atoms. The van der Waals surface area contributed by atoms with Gasteiger partial charge < -0.3 is 45.9 Å². The number of aromatic nitrogens is 2. The molecule has 366 valence electrons. The lowest BCUT2D eigenvalue weighted by Gasteiger charge is -2.37. The van der Waals surface area contributed by atoms with Gasteiger partial charge in [-0.2, -0.15) is 0 Å². The quantitative estimate of drug-likeness (QED) is 0.0358. The average Bonchev–Trinajstić information content (AvgIpc) is 3.83. The molecule has 2 aliphatic rings. The number of carbonyl (C=O) groups is 7. The standard InChI is InChI=1S/C52H58N8O9S/c1-33(61)54-32-70-30-43-48(65)55-40-21-20-38(59-26-24-34(25-27-59)50(67)68)28-39(40)46(63)58-45(49(66)56-41(47(64)57-43)22-23-44(62)69-51(2,3)4)42-29-60(31-53-42)52(35-14-8-5-9-15-35,36-16-10-6-11-17-36)37-18-12-7-13-19-37/h5-21,28-29,31,34,41,43,45H,22-27,30,32H2,1-4H3,(H,54,61)(H,55,65)(H,56,66)(H,57,64)(H,58,63)(H,67,68)/t41-,43+,45-/m1/s1. The van der Waals surface area contributed by atoms with E-state index in [4.69, 9.17) is 9.72 Å². The first kappa shape index (κ1) is 50.4. The van der Waals surface area contributed by atoms with Crippen LogP contribution in [0.25, 0.3) is 0 Å². The van der Waals surface area contributed by atoms with Crippen molar-refractivity contribution in [1.29, 1.82) is 0 Å². The molecule has 0 unspecified atom stereocenters. The predicted octanol–water partition coefficient (Wildman–Crippen LogP) is 5.37. The van der Waals surface area contributed by atoms with Gasteiger partial charge in [-0.15, -0.1) is 11.8 Å².